The molecule has 3 heteroatoms. The number of hydrogen-bond donors (Lipinski definition) is 1. The van der Waals surface area contributed by atoms with Crippen molar-refractivity contribution in [2.45, 2.75) is 84.4 Å². The van der Waals surface area contributed by atoms with Crippen LogP contribution in [-0.4, -0.2) is 23.2 Å². The van der Waals surface area contributed by atoms with E-state index in [-0.39, 0.29) is 23.2 Å². The van der Waals surface area contributed by atoms with Crippen molar-refractivity contribution in [1.29, 1.82) is 0 Å². The molecule has 0 radical (unpaired) electrons. The first-order valence-corrected chi connectivity index (χ1v) is 7.26. The van der Waals surface area contributed by atoms with Crippen LogP contribution in [0.3, 0.4) is 0 Å². The molecule has 1 fully saturated rings. The van der Waals surface area contributed by atoms with Crippen molar-refractivity contribution in [2.24, 2.45) is 5.92 Å². The van der Waals surface area contributed by atoms with Gasteiger partial charge in [-0.05, 0) is 33.1 Å². The third-order valence-corrected chi connectivity index (χ3v) is 4.78. The highest BCUT2D eigenvalue weighted by atomic mass is 16.5. The van der Waals surface area contributed by atoms with E-state index in [9.17, 15) is 4.79 Å². The molecule has 1 aliphatic rings. The lowest BCUT2D eigenvalue weighted by Gasteiger charge is -2.53. The molecule has 0 aromatic carbocycles. The summed E-state index contributed by atoms with van der Waals surface area (Å²) in [5, 5.41) is 3.82. The molecule has 4 atom stereocenters. The van der Waals surface area contributed by atoms with Gasteiger partial charge in [0, 0.05) is 30.3 Å². The molecule has 1 aliphatic heterocycles. The second-order valence-corrected chi connectivity index (χ2v) is 6.18. The summed E-state index contributed by atoms with van der Waals surface area (Å²) in [6.07, 6.45) is 4.10. The summed E-state index contributed by atoms with van der Waals surface area (Å²) in [6, 6.07) is 0. The minimum atomic E-state index is -0.155. The van der Waals surface area contributed by atoms with E-state index in [0.29, 0.717) is 5.92 Å². The molecule has 1 heterocycles. The van der Waals surface area contributed by atoms with E-state index in [4.69, 9.17) is 4.74 Å². The minimum absolute atomic E-state index is 0.0450. The maximum atomic E-state index is 11.3. The number of hydrogen-bond acceptors (Lipinski definition) is 3. The maximum absolute atomic E-state index is 11.3. The number of nitrogens with one attached hydrogen (secondary N) is 1. The second kappa shape index (κ2) is 5.60. The Balaban J connectivity index is 3.02. The first-order valence-electron chi connectivity index (χ1n) is 7.26. The van der Waals surface area contributed by atoms with Gasteiger partial charge in [0.25, 0.3) is 0 Å². The Morgan fingerprint density at radius 2 is 1.89 bits per heavy atom. The molecule has 0 bridgehead atoms. The zero-order valence-corrected chi connectivity index (χ0v) is 12.8. The van der Waals surface area contributed by atoms with Gasteiger partial charge in [-0.15, -0.1) is 0 Å². The van der Waals surface area contributed by atoms with E-state index >= 15 is 0 Å². The fourth-order valence-corrected chi connectivity index (χ4v) is 3.46. The van der Waals surface area contributed by atoms with Crippen molar-refractivity contribution in [3.63, 3.8) is 0 Å². The summed E-state index contributed by atoms with van der Waals surface area (Å²) in [6.45, 7) is 12.6. The summed E-state index contributed by atoms with van der Waals surface area (Å²) in [5.41, 5.74) is 0.119. The Labute approximate surface area is 112 Å². The van der Waals surface area contributed by atoms with E-state index < -0.39 is 0 Å². The number of rotatable bonds is 4. The van der Waals surface area contributed by atoms with Gasteiger partial charge in [-0.3, -0.25) is 4.79 Å². The molecule has 1 N–H and O–H groups in total. The molecular weight excluding hydrogens is 226 g/mol. The number of piperidine rings is 1. The minimum Gasteiger partial charge on any atom is -0.462 e. The van der Waals surface area contributed by atoms with Crippen molar-refractivity contribution in [2.75, 3.05) is 0 Å². The number of ether oxygens (including phenoxy) is 1. The molecule has 0 aromatic heterocycles. The molecule has 4 unspecified atom stereocenters. The molecule has 1 rings (SSSR count). The van der Waals surface area contributed by atoms with Crippen molar-refractivity contribution < 1.29 is 9.53 Å². The van der Waals surface area contributed by atoms with Crippen molar-refractivity contribution in [3.05, 3.63) is 0 Å². The SMILES string of the molecule is CCC1C(OC(C)=O)CC(C)(CC)NC1(C)CC. The fourth-order valence-electron chi connectivity index (χ4n) is 3.46. The van der Waals surface area contributed by atoms with Gasteiger partial charge in [0.15, 0.2) is 0 Å². The molecule has 0 amide bonds. The molecule has 18 heavy (non-hydrogen) atoms. The smallest absolute Gasteiger partial charge is 0.302 e. The zero-order valence-electron chi connectivity index (χ0n) is 12.8. The molecule has 1 saturated heterocycles. The fraction of sp³-hybridized carbons (Fsp3) is 0.933. The van der Waals surface area contributed by atoms with Crippen molar-refractivity contribution in [3.8, 4) is 0 Å². The summed E-state index contributed by atoms with van der Waals surface area (Å²) >= 11 is 0. The standard InChI is InChI=1S/C15H29NO2/c1-7-12-13(18-11(4)17)10-14(5,8-2)16-15(12,6)9-3/h12-13,16H,7-10H2,1-6H3. The van der Waals surface area contributed by atoms with Crippen LogP contribution in [0.1, 0.15) is 67.2 Å². The lowest BCUT2D eigenvalue weighted by atomic mass is 9.68. The molecule has 3 nitrogen and oxygen atoms in total. The van der Waals surface area contributed by atoms with Crippen LogP contribution in [0.2, 0.25) is 0 Å². The largest absolute Gasteiger partial charge is 0.462 e. The summed E-state index contributed by atoms with van der Waals surface area (Å²) < 4.78 is 5.61. The van der Waals surface area contributed by atoms with Crippen LogP contribution in [0.25, 0.3) is 0 Å². The first kappa shape index (κ1) is 15.5. The number of esters is 1. The highest BCUT2D eigenvalue weighted by molar-refractivity contribution is 5.66. The number of carbonyl (C=O) groups excluding carboxylic acids is 1. The average Bonchev–Trinajstić information content (AvgIpc) is 2.28. The van der Waals surface area contributed by atoms with E-state index in [1.807, 2.05) is 0 Å². The van der Waals surface area contributed by atoms with Gasteiger partial charge in [-0.25, -0.2) is 0 Å². The Kier molecular flexibility index (Phi) is 4.82. The average molecular weight is 255 g/mol. The van der Waals surface area contributed by atoms with Crippen LogP contribution in [0.4, 0.5) is 0 Å². The topological polar surface area (TPSA) is 38.3 Å². The molecule has 0 aromatic rings. The van der Waals surface area contributed by atoms with E-state index in [1.165, 1.54) is 6.92 Å². The van der Waals surface area contributed by atoms with Gasteiger partial charge < -0.3 is 10.1 Å². The van der Waals surface area contributed by atoms with Gasteiger partial charge >= 0.3 is 5.97 Å². The van der Waals surface area contributed by atoms with Crippen molar-refractivity contribution in [1.82, 2.24) is 5.32 Å². The van der Waals surface area contributed by atoms with Gasteiger partial charge in [0.2, 0.25) is 0 Å². The van der Waals surface area contributed by atoms with Gasteiger partial charge in [0.05, 0.1) is 0 Å². The predicted octanol–water partition coefficient (Wildman–Crippen LogP) is 3.28. The lowest BCUT2D eigenvalue weighted by molar-refractivity contribution is -0.157. The second-order valence-electron chi connectivity index (χ2n) is 6.18. The monoisotopic (exact) mass is 255 g/mol. The zero-order chi connectivity index (χ0) is 14.0. The summed E-state index contributed by atoms with van der Waals surface area (Å²) in [7, 11) is 0. The summed E-state index contributed by atoms with van der Waals surface area (Å²) in [5.74, 6) is 0.239. The van der Waals surface area contributed by atoms with Crippen LogP contribution < -0.4 is 5.32 Å². The summed E-state index contributed by atoms with van der Waals surface area (Å²) in [4.78, 5) is 11.3. The van der Waals surface area contributed by atoms with Crippen molar-refractivity contribution >= 4 is 5.97 Å². The highest BCUT2D eigenvalue weighted by Gasteiger charge is 2.48. The van der Waals surface area contributed by atoms with Crippen LogP contribution in [-0.2, 0) is 9.53 Å². The lowest BCUT2D eigenvalue weighted by Crippen LogP contribution is -2.66. The van der Waals surface area contributed by atoms with Gasteiger partial charge in [-0.2, -0.15) is 0 Å². The Morgan fingerprint density at radius 3 is 2.28 bits per heavy atom. The van der Waals surface area contributed by atoms with E-state index in [2.05, 4.69) is 39.9 Å². The van der Waals surface area contributed by atoms with Crippen LogP contribution >= 0.6 is 0 Å². The van der Waals surface area contributed by atoms with Gasteiger partial charge in [-0.1, -0.05) is 20.8 Å². The Morgan fingerprint density at radius 1 is 1.28 bits per heavy atom. The molecule has 0 saturated carbocycles. The third-order valence-electron chi connectivity index (χ3n) is 4.78. The molecule has 106 valence electrons. The van der Waals surface area contributed by atoms with E-state index in [0.717, 1.165) is 25.7 Å². The third kappa shape index (κ3) is 3.05. The quantitative estimate of drug-likeness (QED) is 0.784. The molecule has 0 aliphatic carbocycles. The predicted molar refractivity (Wildman–Crippen MR) is 74.5 cm³/mol. The highest BCUT2D eigenvalue weighted by Crippen LogP contribution is 2.40. The Bertz CT molecular complexity index is 305. The normalized spacial score (nSPS) is 40.6. The van der Waals surface area contributed by atoms with Crippen LogP contribution in [0, 0.1) is 5.92 Å². The molecular formula is C15H29NO2. The van der Waals surface area contributed by atoms with Crippen LogP contribution in [0.15, 0.2) is 0 Å². The first-order chi connectivity index (χ1) is 8.30. The number of carbonyl (C=O) groups is 1. The molecule has 0 spiro atoms. The van der Waals surface area contributed by atoms with Gasteiger partial charge in [0.1, 0.15) is 6.10 Å². The van der Waals surface area contributed by atoms with E-state index in [1.54, 1.807) is 0 Å². The maximum Gasteiger partial charge on any atom is 0.302 e. The Hall–Kier alpha value is -0.570. The van der Waals surface area contributed by atoms with Crippen LogP contribution in [0.5, 0.6) is 0 Å².